The molecule has 1 fully saturated rings. The molecular formula is C17H27N3O4S. The van der Waals surface area contributed by atoms with Crippen molar-refractivity contribution in [1.29, 1.82) is 0 Å². The molecule has 0 radical (unpaired) electrons. The molecule has 2 rings (SSSR count). The van der Waals surface area contributed by atoms with Crippen LogP contribution in [0.2, 0.25) is 0 Å². The van der Waals surface area contributed by atoms with Gasteiger partial charge in [0, 0.05) is 19.8 Å². The highest BCUT2D eigenvalue weighted by Crippen LogP contribution is 2.28. The van der Waals surface area contributed by atoms with E-state index in [1.165, 1.54) is 27.3 Å². The maximum Gasteiger partial charge on any atom is 0.246 e. The molecule has 0 saturated carbocycles. The fourth-order valence-corrected chi connectivity index (χ4v) is 3.85. The Hall–Kier alpha value is -1.64. The number of nitrogens with zero attached hydrogens (tertiary/aromatic N) is 2. The van der Waals surface area contributed by atoms with Gasteiger partial charge in [-0.25, -0.2) is 12.7 Å². The van der Waals surface area contributed by atoms with Crippen LogP contribution in [0.3, 0.4) is 0 Å². The highest BCUT2D eigenvalue weighted by atomic mass is 32.2. The molecule has 0 aliphatic carbocycles. The van der Waals surface area contributed by atoms with Crippen LogP contribution in [0, 0.1) is 5.92 Å². The van der Waals surface area contributed by atoms with Crippen molar-refractivity contribution in [3.8, 4) is 5.75 Å². The van der Waals surface area contributed by atoms with E-state index in [1.54, 1.807) is 12.1 Å². The number of benzene rings is 1. The lowest BCUT2D eigenvalue weighted by Gasteiger charge is -2.29. The van der Waals surface area contributed by atoms with Gasteiger partial charge in [-0.15, -0.1) is 0 Å². The number of piperidine rings is 1. The van der Waals surface area contributed by atoms with Crippen molar-refractivity contribution in [2.75, 3.05) is 46.2 Å². The molecule has 1 N–H and O–H groups in total. The summed E-state index contributed by atoms with van der Waals surface area (Å²) in [5, 5.41) is 2.78. The number of nitrogens with one attached hydrogen (secondary N) is 1. The molecule has 1 aromatic carbocycles. The molecule has 1 heterocycles. The van der Waals surface area contributed by atoms with Gasteiger partial charge in [0.1, 0.15) is 10.6 Å². The van der Waals surface area contributed by atoms with Crippen LogP contribution in [0.25, 0.3) is 0 Å². The van der Waals surface area contributed by atoms with E-state index in [-0.39, 0.29) is 16.6 Å². The second-order valence-corrected chi connectivity index (χ2v) is 8.78. The number of hydrogen-bond donors (Lipinski definition) is 1. The van der Waals surface area contributed by atoms with E-state index in [9.17, 15) is 13.2 Å². The molecular weight excluding hydrogens is 342 g/mol. The van der Waals surface area contributed by atoms with Crippen LogP contribution in [0.15, 0.2) is 23.1 Å². The van der Waals surface area contributed by atoms with E-state index in [2.05, 4.69) is 17.1 Å². The summed E-state index contributed by atoms with van der Waals surface area (Å²) in [6.07, 6.45) is 2.20. The quantitative estimate of drug-likeness (QED) is 0.824. The number of anilines is 1. The lowest BCUT2D eigenvalue weighted by atomic mass is 9.99. The average Bonchev–Trinajstić information content (AvgIpc) is 2.56. The first-order valence-electron chi connectivity index (χ1n) is 8.37. The van der Waals surface area contributed by atoms with Crippen molar-refractivity contribution >= 4 is 21.6 Å². The molecule has 140 valence electrons. The summed E-state index contributed by atoms with van der Waals surface area (Å²) in [5.74, 6) is 0.810. The topological polar surface area (TPSA) is 79.0 Å². The third kappa shape index (κ3) is 4.93. The normalized spacial score (nSPS) is 16.8. The molecule has 0 bridgehead atoms. The van der Waals surface area contributed by atoms with Gasteiger partial charge in [-0.1, -0.05) is 6.92 Å². The molecule has 0 atom stereocenters. The van der Waals surface area contributed by atoms with Crippen LogP contribution in [0.4, 0.5) is 5.69 Å². The highest BCUT2D eigenvalue weighted by molar-refractivity contribution is 7.89. The van der Waals surface area contributed by atoms with Gasteiger partial charge in [0.05, 0.1) is 13.7 Å². The Labute approximate surface area is 150 Å². The minimum absolute atomic E-state index is 0.0320. The minimum atomic E-state index is -3.66. The van der Waals surface area contributed by atoms with Gasteiger partial charge in [0.2, 0.25) is 15.9 Å². The average molecular weight is 369 g/mol. The zero-order valence-corrected chi connectivity index (χ0v) is 16.1. The van der Waals surface area contributed by atoms with E-state index in [0.29, 0.717) is 18.2 Å². The Kier molecular flexibility index (Phi) is 6.42. The van der Waals surface area contributed by atoms with Gasteiger partial charge in [-0.2, -0.15) is 0 Å². The van der Waals surface area contributed by atoms with Gasteiger partial charge in [-0.05, 0) is 50.0 Å². The lowest BCUT2D eigenvalue weighted by Crippen LogP contribution is -2.38. The Morgan fingerprint density at radius 3 is 2.52 bits per heavy atom. The molecule has 1 amide bonds. The first-order chi connectivity index (χ1) is 11.7. The van der Waals surface area contributed by atoms with Crippen LogP contribution in [0.5, 0.6) is 5.75 Å². The zero-order chi connectivity index (χ0) is 18.6. The Bertz CT molecular complexity index is 711. The third-order valence-electron chi connectivity index (χ3n) is 4.45. The fourth-order valence-electron chi connectivity index (χ4n) is 2.78. The molecule has 1 aliphatic rings. The first-order valence-corrected chi connectivity index (χ1v) is 9.81. The summed E-state index contributed by atoms with van der Waals surface area (Å²) >= 11 is 0. The van der Waals surface area contributed by atoms with Gasteiger partial charge in [-0.3, -0.25) is 9.69 Å². The number of likely N-dealkylation sites (tertiary alicyclic amines) is 1. The van der Waals surface area contributed by atoms with E-state index in [1.807, 2.05) is 0 Å². The number of hydrogen-bond acceptors (Lipinski definition) is 5. The number of methoxy groups -OCH3 is 1. The fraction of sp³-hybridized carbons (Fsp3) is 0.588. The van der Waals surface area contributed by atoms with E-state index in [4.69, 9.17) is 4.74 Å². The van der Waals surface area contributed by atoms with Crippen molar-refractivity contribution in [2.45, 2.75) is 24.7 Å². The Balaban J connectivity index is 2.11. The van der Waals surface area contributed by atoms with Crippen molar-refractivity contribution in [3.63, 3.8) is 0 Å². The van der Waals surface area contributed by atoms with Crippen molar-refractivity contribution < 1.29 is 17.9 Å². The summed E-state index contributed by atoms with van der Waals surface area (Å²) in [6.45, 7) is 4.37. The van der Waals surface area contributed by atoms with Crippen molar-refractivity contribution in [3.05, 3.63) is 18.2 Å². The second-order valence-electron chi connectivity index (χ2n) is 6.66. The molecule has 7 nitrogen and oxygen atoms in total. The SMILES string of the molecule is COc1ccc(NC(=O)CN2CCC(C)CC2)cc1S(=O)(=O)N(C)C. The van der Waals surface area contributed by atoms with Gasteiger partial charge in [0.15, 0.2) is 0 Å². The largest absolute Gasteiger partial charge is 0.495 e. The van der Waals surface area contributed by atoms with Crippen LogP contribution in [-0.4, -0.2) is 64.4 Å². The molecule has 1 aliphatic heterocycles. The molecule has 1 saturated heterocycles. The van der Waals surface area contributed by atoms with Crippen LogP contribution < -0.4 is 10.1 Å². The number of amides is 1. The predicted molar refractivity (Wildman–Crippen MR) is 97.3 cm³/mol. The van der Waals surface area contributed by atoms with E-state index in [0.717, 1.165) is 30.2 Å². The molecule has 25 heavy (non-hydrogen) atoms. The minimum Gasteiger partial charge on any atom is -0.495 e. The van der Waals surface area contributed by atoms with Gasteiger partial charge in [0.25, 0.3) is 0 Å². The van der Waals surface area contributed by atoms with Crippen molar-refractivity contribution in [2.24, 2.45) is 5.92 Å². The molecule has 8 heteroatoms. The zero-order valence-electron chi connectivity index (χ0n) is 15.3. The second kappa shape index (κ2) is 8.16. The smallest absolute Gasteiger partial charge is 0.246 e. The standard InChI is InChI=1S/C17H27N3O4S/c1-13-7-9-20(10-8-13)12-17(21)18-14-5-6-15(24-4)16(11-14)25(22,23)19(2)3/h5-6,11,13H,7-10,12H2,1-4H3,(H,18,21). The molecule has 0 aromatic heterocycles. The Morgan fingerprint density at radius 1 is 1.32 bits per heavy atom. The summed E-state index contributed by atoms with van der Waals surface area (Å²) in [6, 6.07) is 4.63. The van der Waals surface area contributed by atoms with Gasteiger partial charge >= 0.3 is 0 Å². The van der Waals surface area contributed by atoms with Gasteiger partial charge < -0.3 is 10.1 Å². The summed E-state index contributed by atoms with van der Waals surface area (Å²) in [7, 11) is 0.663. The Morgan fingerprint density at radius 2 is 1.96 bits per heavy atom. The molecule has 0 spiro atoms. The number of sulfonamides is 1. The van der Waals surface area contributed by atoms with E-state index < -0.39 is 10.0 Å². The number of carbonyl (C=O) groups excluding carboxylic acids is 1. The lowest BCUT2D eigenvalue weighted by molar-refractivity contribution is -0.117. The maximum atomic E-state index is 12.4. The van der Waals surface area contributed by atoms with E-state index >= 15 is 0 Å². The number of rotatable bonds is 6. The summed E-state index contributed by atoms with van der Waals surface area (Å²) < 4.78 is 31.1. The molecule has 1 aromatic rings. The first kappa shape index (κ1) is 19.7. The number of carbonyl (C=O) groups is 1. The predicted octanol–water partition coefficient (Wildman–Crippen LogP) is 1.62. The molecule has 0 unspecified atom stereocenters. The summed E-state index contributed by atoms with van der Waals surface area (Å²) in [5.41, 5.74) is 0.441. The summed E-state index contributed by atoms with van der Waals surface area (Å²) in [4.78, 5) is 14.4. The third-order valence-corrected chi connectivity index (χ3v) is 6.29. The maximum absolute atomic E-state index is 12.4. The van der Waals surface area contributed by atoms with Crippen LogP contribution in [0.1, 0.15) is 19.8 Å². The highest BCUT2D eigenvalue weighted by Gasteiger charge is 2.23. The van der Waals surface area contributed by atoms with Crippen LogP contribution in [-0.2, 0) is 14.8 Å². The van der Waals surface area contributed by atoms with Crippen LogP contribution >= 0.6 is 0 Å². The monoisotopic (exact) mass is 369 g/mol. The number of ether oxygens (including phenoxy) is 1. The van der Waals surface area contributed by atoms with Crippen molar-refractivity contribution in [1.82, 2.24) is 9.21 Å².